The van der Waals surface area contributed by atoms with Gasteiger partial charge >= 0.3 is 18.2 Å². The number of carbonyl (C=O) groups is 3. The summed E-state index contributed by atoms with van der Waals surface area (Å²) in [7, 11) is 0. The molecule has 0 aliphatic carbocycles. The van der Waals surface area contributed by atoms with Crippen LogP contribution in [0.25, 0.3) is 10.8 Å². The number of ether oxygens (including phenoxy) is 3. The first-order valence-corrected chi connectivity index (χ1v) is 12.8. The van der Waals surface area contributed by atoms with Gasteiger partial charge in [0.1, 0.15) is 17.0 Å². The van der Waals surface area contributed by atoms with Crippen LogP contribution in [0.2, 0.25) is 0 Å². The van der Waals surface area contributed by atoms with Crippen LogP contribution in [0.3, 0.4) is 0 Å². The van der Waals surface area contributed by atoms with Crippen molar-refractivity contribution in [2.45, 2.75) is 65.7 Å². The molecule has 1 heterocycles. The molecule has 0 aliphatic heterocycles. The maximum Gasteiger partial charge on any atom is 0.425 e. The van der Waals surface area contributed by atoms with Gasteiger partial charge in [0.15, 0.2) is 23.4 Å². The Labute approximate surface area is 236 Å². The second-order valence-electron chi connectivity index (χ2n) is 11.0. The highest BCUT2D eigenvalue weighted by molar-refractivity contribution is 6.14. The first-order valence-electron chi connectivity index (χ1n) is 12.8. The number of halogens is 2. The van der Waals surface area contributed by atoms with E-state index in [1.165, 1.54) is 24.4 Å². The van der Waals surface area contributed by atoms with Gasteiger partial charge in [-0.3, -0.25) is 0 Å². The molecule has 220 valence electrons. The molecule has 0 saturated heterocycles. The largest absolute Gasteiger partial charge is 0.491 e. The summed E-state index contributed by atoms with van der Waals surface area (Å²) >= 11 is 0. The molecule has 0 fully saturated rings. The van der Waals surface area contributed by atoms with E-state index >= 15 is 0 Å². The maximum atomic E-state index is 14.7. The van der Waals surface area contributed by atoms with E-state index < -0.39 is 47.0 Å². The molecule has 2 amide bonds. The number of pyridine rings is 1. The third-order valence-electron chi connectivity index (χ3n) is 5.33. The van der Waals surface area contributed by atoms with Gasteiger partial charge in [0, 0.05) is 28.9 Å². The van der Waals surface area contributed by atoms with E-state index in [0.29, 0.717) is 21.7 Å². The highest BCUT2D eigenvalue weighted by Crippen LogP contribution is 2.32. The van der Waals surface area contributed by atoms with Crippen LogP contribution in [0, 0.1) is 11.6 Å². The Morgan fingerprint density at radius 1 is 0.951 bits per heavy atom. The number of carboxylic acids is 1. The second kappa shape index (κ2) is 11.9. The number of anilines is 2. The standard InChI is InChI=1S/C29H33F2N3O7/c1-8-39-22-14-19(20(30)15-21(22)31)23(25(35)36)33-17-9-10-18-16(13-17)11-12-32-24(18)34(26(37)40-28(2,3)4)27(38)41-29(5,6)7/h9-15,23,33H,8H2,1-7H3,(H,35,36). The normalized spacial score (nSPS) is 12.4. The molecule has 2 N–H and O–H groups in total. The van der Waals surface area contributed by atoms with Crippen molar-refractivity contribution < 1.29 is 42.5 Å². The number of aromatic nitrogens is 1. The van der Waals surface area contributed by atoms with E-state index in [1.54, 1.807) is 54.5 Å². The minimum Gasteiger partial charge on any atom is -0.491 e. The van der Waals surface area contributed by atoms with Crippen molar-refractivity contribution in [3.8, 4) is 5.75 Å². The Balaban J connectivity index is 2.05. The number of nitrogens with one attached hydrogen (secondary N) is 1. The molecule has 0 bridgehead atoms. The number of rotatable bonds is 7. The summed E-state index contributed by atoms with van der Waals surface area (Å²) in [5.74, 6) is -3.80. The number of amides is 2. The third kappa shape index (κ3) is 7.80. The first kappa shape index (κ1) is 31.1. The summed E-state index contributed by atoms with van der Waals surface area (Å²) in [5.41, 5.74) is -1.94. The SMILES string of the molecule is CCOc1cc(C(Nc2ccc3c(N(C(=O)OC(C)(C)C)C(=O)OC(C)(C)C)nccc3c2)C(=O)O)c(F)cc1F. The Bertz CT molecular complexity index is 1440. The van der Waals surface area contributed by atoms with Gasteiger partial charge in [-0.25, -0.2) is 28.1 Å². The van der Waals surface area contributed by atoms with Crippen LogP contribution in [0.15, 0.2) is 42.6 Å². The van der Waals surface area contributed by atoms with Gasteiger partial charge < -0.3 is 24.6 Å². The van der Waals surface area contributed by atoms with E-state index in [9.17, 15) is 28.3 Å². The number of aliphatic carboxylic acids is 1. The first-order chi connectivity index (χ1) is 19.0. The third-order valence-corrected chi connectivity index (χ3v) is 5.33. The predicted octanol–water partition coefficient (Wildman–Crippen LogP) is 6.83. The molecule has 0 saturated carbocycles. The summed E-state index contributed by atoms with van der Waals surface area (Å²) in [6.07, 6.45) is -0.653. The van der Waals surface area contributed by atoms with Crippen molar-refractivity contribution in [1.82, 2.24) is 4.98 Å². The highest BCUT2D eigenvalue weighted by Gasteiger charge is 2.34. The number of benzene rings is 2. The Morgan fingerprint density at radius 2 is 1.56 bits per heavy atom. The number of imide groups is 1. The number of hydrogen-bond acceptors (Lipinski definition) is 8. The van der Waals surface area contributed by atoms with E-state index in [4.69, 9.17) is 14.2 Å². The van der Waals surface area contributed by atoms with Crippen molar-refractivity contribution in [3.05, 3.63) is 59.8 Å². The Hall–Kier alpha value is -4.48. The van der Waals surface area contributed by atoms with Gasteiger partial charge in [-0.1, -0.05) is 0 Å². The van der Waals surface area contributed by atoms with Gasteiger partial charge in [0.25, 0.3) is 0 Å². The number of carboxylic acid groups (broad SMARTS) is 1. The van der Waals surface area contributed by atoms with Crippen LogP contribution in [0.1, 0.15) is 60.1 Å². The van der Waals surface area contributed by atoms with E-state index in [2.05, 4.69) is 10.3 Å². The molecule has 3 aromatic rings. The average molecular weight is 574 g/mol. The monoisotopic (exact) mass is 573 g/mol. The Morgan fingerprint density at radius 3 is 2.10 bits per heavy atom. The smallest absolute Gasteiger partial charge is 0.425 e. The highest BCUT2D eigenvalue weighted by atomic mass is 19.1. The molecule has 1 unspecified atom stereocenters. The maximum absolute atomic E-state index is 14.7. The minimum atomic E-state index is -1.60. The van der Waals surface area contributed by atoms with Crippen LogP contribution in [0.4, 0.5) is 29.9 Å². The number of hydrogen-bond donors (Lipinski definition) is 2. The molecule has 2 aromatic carbocycles. The second-order valence-corrected chi connectivity index (χ2v) is 11.0. The van der Waals surface area contributed by atoms with Gasteiger partial charge in [-0.15, -0.1) is 0 Å². The molecular formula is C29H33F2N3O7. The summed E-state index contributed by atoms with van der Waals surface area (Å²) in [5, 5.41) is 13.4. The molecule has 0 radical (unpaired) electrons. The predicted molar refractivity (Wildman–Crippen MR) is 148 cm³/mol. The molecule has 0 aliphatic rings. The molecule has 12 heteroatoms. The fourth-order valence-electron chi connectivity index (χ4n) is 3.76. The molecule has 10 nitrogen and oxygen atoms in total. The molecule has 0 spiro atoms. The Kier molecular flexibility index (Phi) is 9.05. The summed E-state index contributed by atoms with van der Waals surface area (Å²) in [6.45, 7) is 11.6. The van der Waals surface area contributed by atoms with Crippen LogP contribution in [-0.2, 0) is 14.3 Å². The summed E-state index contributed by atoms with van der Waals surface area (Å²) in [4.78, 5) is 43.3. The number of fused-ring (bicyclic) bond motifs is 1. The lowest BCUT2D eigenvalue weighted by Gasteiger charge is -2.28. The van der Waals surface area contributed by atoms with Crippen LogP contribution >= 0.6 is 0 Å². The molecule has 41 heavy (non-hydrogen) atoms. The van der Waals surface area contributed by atoms with Gasteiger partial charge in [-0.05, 0) is 84.2 Å². The lowest BCUT2D eigenvalue weighted by atomic mass is 10.0. The zero-order valence-electron chi connectivity index (χ0n) is 23.9. The fourth-order valence-corrected chi connectivity index (χ4v) is 3.76. The fraction of sp³-hybridized carbons (Fsp3) is 0.379. The van der Waals surface area contributed by atoms with E-state index in [-0.39, 0.29) is 29.4 Å². The number of nitrogens with zero attached hydrogens (tertiary/aromatic N) is 2. The van der Waals surface area contributed by atoms with Crippen molar-refractivity contribution >= 4 is 40.4 Å². The van der Waals surface area contributed by atoms with Crippen molar-refractivity contribution in [1.29, 1.82) is 0 Å². The average Bonchev–Trinajstić information content (AvgIpc) is 2.82. The van der Waals surface area contributed by atoms with Crippen LogP contribution in [0.5, 0.6) is 5.75 Å². The van der Waals surface area contributed by atoms with Gasteiger partial charge in [-0.2, -0.15) is 4.90 Å². The summed E-state index contributed by atoms with van der Waals surface area (Å²) < 4.78 is 44.8. The zero-order valence-corrected chi connectivity index (χ0v) is 23.9. The zero-order chi connectivity index (χ0) is 30.7. The van der Waals surface area contributed by atoms with Gasteiger partial charge in [0.2, 0.25) is 0 Å². The quantitative estimate of drug-likeness (QED) is 0.313. The van der Waals surface area contributed by atoms with Crippen LogP contribution in [-0.4, -0.2) is 46.1 Å². The molecule has 1 atom stereocenters. The molecule has 1 aromatic heterocycles. The minimum absolute atomic E-state index is 0.0710. The van der Waals surface area contributed by atoms with Crippen LogP contribution < -0.4 is 15.0 Å². The van der Waals surface area contributed by atoms with Crippen molar-refractivity contribution in [3.63, 3.8) is 0 Å². The summed E-state index contributed by atoms with van der Waals surface area (Å²) in [6, 6.07) is 6.05. The number of carbonyl (C=O) groups excluding carboxylic acids is 2. The van der Waals surface area contributed by atoms with Crippen molar-refractivity contribution in [2.75, 3.05) is 16.8 Å². The molecular weight excluding hydrogens is 540 g/mol. The topological polar surface area (TPSA) is 127 Å². The van der Waals surface area contributed by atoms with E-state index in [1.807, 2.05) is 0 Å². The van der Waals surface area contributed by atoms with Gasteiger partial charge in [0.05, 0.1) is 6.61 Å². The van der Waals surface area contributed by atoms with E-state index in [0.717, 1.165) is 6.07 Å². The lowest BCUT2D eigenvalue weighted by molar-refractivity contribution is -0.138. The lowest BCUT2D eigenvalue weighted by Crippen LogP contribution is -2.44. The molecule has 3 rings (SSSR count). The van der Waals surface area contributed by atoms with Crippen molar-refractivity contribution in [2.24, 2.45) is 0 Å².